The monoisotopic (exact) mass is 293 g/mol. The van der Waals surface area contributed by atoms with Crippen LogP contribution < -0.4 is 15.8 Å². The molecule has 1 aromatic carbocycles. The molecule has 2 rings (SSSR count). The van der Waals surface area contributed by atoms with Crippen molar-refractivity contribution in [1.29, 1.82) is 0 Å². The van der Waals surface area contributed by atoms with E-state index in [-0.39, 0.29) is 18.6 Å². The number of hydrogen-bond acceptors (Lipinski definition) is 5. The molecule has 2 atom stereocenters. The zero-order chi connectivity index (χ0) is 15.2. The van der Waals surface area contributed by atoms with Gasteiger partial charge in [0, 0.05) is 19.6 Å². The Labute approximate surface area is 124 Å². The summed E-state index contributed by atoms with van der Waals surface area (Å²) in [6.07, 6.45) is 0.0648. The third kappa shape index (κ3) is 4.09. The number of rotatable bonds is 6. The predicted octanol–water partition coefficient (Wildman–Crippen LogP) is 0.219. The van der Waals surface area contributed by atoms with Gasteiger partial charge in [0.15, 0.2) is 0 Å². The van der Waals surface area contributed by atoms with Gasteiger partial charge in [0.1, 0.15) is 18.5 Å². The first-order chi connectivity index (χ1) is 10.1. The summed E-state index contributed by atoms with van der Waals surface area (Å²) in [5.41, 5.74) is 6.33. The van der Waals surface area contributed by atoms with E-state index in [0.29, 0.717) is 24.5 Å². The van der Waals surface area contributed by atoms with Gasteiger partial charge in [0.05, 0.1) is 11.7 Å². The normalized spacial score (nSPS) is 20.9. The smallest absolute Gasteiger partial charge is 0.237 e. The van der Waals surface area contributed by atoms with Crippen molar-refractivity contribution in [2.24, 2.45) is 0 Å². The number of ether oxygens (including phenoxy) is 1. The highest BCUT2D eigenvalue weighted by molar-refractivity contribution is 5.82. The van der Waals surface area contributed by atoms with Crippen LogP contribution in [0.2, 0.25) is 0 Å². The van der Waals surface area contributed by atoms with Crippen LogP contribution in [0.15, 0.2) is 24.3 Å². The molecule has 1 fully saturated rings. The number of amides is 1. The Bertz CT molecular complexity index is 481. The number of aliphatic hydroxyl groups excluding tert-OH is 1. The fourth-order valence-corrected chi connectivity index (χ4v) is 2.55. The summed E-state index contributed by atoms with van der Waals surface area (Å²) in [6.45, 7) is 3.90. The van der Waals surface area contributed by atoms with Crippen molar-refractivity contribution in [3.05, 3.63) is 24.3 Å². The highest BCUT2D eigenvalue weighted by Gasteiger charge is 2.29. The standard InChI is InChI=1S/C15H23N3O3/c1-2-13-15(20)17-7-8-18(13)9-11(19)10-21-14-6-4-3-5-12(14)16/h3-6,11,13,19H,2,7-10,16H2,1H3,(H,17,20). The van der Waals surface area contributed by atoms with Gasteiger partial charge in [-0.25, -0.2) is 0 Å². The first-order valence-corrected chi connectivity index (χ1v) is 7.29. The second kappa shape index (κ2) is 7.28. The molecule has 6 heteroatoms. The van der Waals surface area contributed by atoms with E-state index in [1.807, 2.05) is 24.0 Å². The van der Waals surface area contributed by atoms with Gasteiger partial charge in [0.2, 0.25) is 5.91 Å². The Balaban J connectivity index is 1.85. The van der Waals surface area contributed by atoms with Crippen LogP contribution in [0.25, 0.3) is 0 Å². The molecular formula is C15H23N3O3. The number of para-hydroxylation sites is 2. The summed E-state index contributed by atoms with van der Waals surface area (Å²) in [7, 11) is 0. The molecule has 6 nitrogen and oxygen atoms in total. The molecule has 0 aromatic heterocycles. The van der Waals surface area contributed by atoms with E-state index >= 15 is 0 Å². The van der Waals surface area contributed by atoms with Gasteiger partial charge in [-0.15, -0.1) is 0 Å². The third-order valence-corrected chi connectivity index (χ3v) is 3.62. The van der Waals surface area contributed by atoms with E-state index in [1.54, 1.807) is 12.1 Å². The maximum atomic E-state index is 11.8. The molecule has 1 aliphatic heterocycles. The van der Waals surface area contributed by atoms with Gasteiger partial charge in [-0.05, 0) is 18.6 Å². The van der Waals surface area contributed by atoms with E-state index in [0.717, 1.165) is 13.0 Å². The number of nitrogens with one attached hydrogen (secondary N) is 1. The van der Waals surface area contributed by atoms with Crippen LogP contribution in [0, 0.1) is 0 Å². The van der Waals surface area contributed by atoms with Gasteiger partial charge < -0.3 is 20.9 Å². The molecule has 116 valence electrons. The summed E-state index contributed by atoms with van der Waals surface area (Å²) in [5.74, 6) is 0.601. The number of benzene rings is 1. The summed E-state index contributed by atoms with van der Waals surface area (Å²) in [4.78, 5) is 13.8. The predicted molar refractivity (Wildman–Crippen MR) is 81.0 cm³/mol. The summed E-state index contributed by atoms with van der Waals surface area (Å²) in [6, 6.07) is 7.02. The minimum absolute atomic E-state index is 0.0316. The van der Waals surface area contributed by atoms with Gasteiger partial charge in [0.25, 0.3) is 0 Å². The van der Waals surface area contributed by atoms with Crippen LogP contribution in [0.5, 0.6) is 5.75 Å². The number of aliphatic hydroxyl groups is 1. The van der Waals surface area contributed by atoms with Crippen LogP contribution in [-0.2, 0) is 4.79 Å². The maximum Gasteiger partial charge on any atom is 0.237 e. The summed E-state index contributed by atoms with van der Waals surface area (Å²) < 4.78 is 5.53. The second-order valence-corrected chi connectivity index (χ2v) is 5.21. The lowest BCUT2D eigenvalue weighted by molar-refractivity contribution is -0.129. The van der Waals surface area contributed by atoms with Gasteiger partial charge in [-0.1, -0.05) is 19.1 Å². The molecule has 0 spiro atoms. The second-order valence-electron chi connectivity index (χ2n) is 5.21. The molecule has 0 bridgehead atoms. The van der Waals surface area contributed by atoms with Gasteiger partial charge in [-0.2, -0.15) is 0 Å². The minimum atomic E-state index is -0.662. The van der Waals surface area contributed by atoms with Gasteiger partial charge in [-0.3, -0.25) is 9.69 Å². The van der Waals surface area contributed by atoms with Crippen molar-refractivity contribution in [1.82, 2.24) is 10.2 Å². The molecule has 1 amide bonds. The van der Waals surface area contributed by atoms with Crippen LogP contribution in [0.1, 0.15) is 13.3 Å². The van der Waals surface area contributed by atoms with Crippen LogP contribution in [0.4, 0.5) is 5.69 Å². The Kier molecular flexibility index (Phi) is 5.41. The molecule has 4 N–H and O–H groups in total. The van der Waals surface area contributed by atoms with Crippen molar-refractivity contribution in [3.63, 3.8) is 0 Å². The first kappa shape index (κ1) is 15.6. The third-order valence-electron chi connectivity index (χ3n) is 3.62. The zero-order valence-electron chi connectivity index (χ0n) is 12.3. The Morgan fingerprint density at radius 1 is 1.52 bits per heavy atom. The molecule has 1 saturated heterocycles. The summed E-state index contributed by atoms with van der Waals surface area (Å²) >= 11 is 0. The van der Waals surface area contributed by atoms with Crippen LogP contribution in [-0.4, -0.2) is 54.3 Å². The van der Waals surface area contributed by atoms with Crippen LogP contribution in [0.3, 0.4) is 0 Å². The van der Waals surface area contributed by atoms with E-state index in [9.17, 15) is 9.90 Å². The van der Waals surface area contributed by atoms with Crippen molar-refractivity contribution in [3.8, 4) is 5.75 Å². The molecule has 21 heavy (non-hydrogen) atoms. The van der Waals surface area contributed by atoms with Crippen molar-refractivity contribution >= 4 is 11.6 Å². The lowest BCUT2D eigenvalue weighted by Crippen LogP contribution is -2.56. The number of piperazine rings is 1. The molecule has 0 saturated carbocycles. The summed E-state index contributed by atoms with van der Waals surface area (Å²) in [5, 5.41) is 13.0. The molecule has 0 radical (unpaired) electrons. The quantitative estimate of drug-likeness (QED) is 0.653. The SMILES string of the molecule is CCC1C(=O)NCCN1CC(O)COc1ccccc1N. The number of β-amino-alcohol motifs (C(OH)–C–C–N with tert-alkyl or cyclic N) is 1. The molecular weight excluding hydrogens is 270 g/mol. The highest BCUT2D eigenvalue weighted by atomic mass is 16.5. The highest BCUT2D eigenvalue weighted by Crippen LogP contribution is 2.20. The largest absolute Gasteiger partial charge is 0.489 e. The number of anilines is 1. The number of nitrogen functional groups attached to an aromatic ring is 1. The topological polar surface area (TPSA) is 87.8 Å². The maximum absolute atomic E-state index is 11.8. The fourth-order valence-electron chi connectivity index (χ4n) is 2.55. The molecule has 0 aliphatic carbocycles. The molecule has 2 unspecified atom stereocenters. The lowest BCUT2D eigenvalue weighted by Gasteiger charge is -2.35. The Morgan fingerprint density at radius 2 is 2.29 bits per heavy atom. The van der Waals surface area contributed by atoms with E-state index in [1.165, 1.54) is 0 Å². The minimum Gasteiger partial charge on any atom is -0.489 e. The lowest BCUT2D eigenvalue weighted by atomic mass is 10.1. The first-order valence-electron chi connectivity index (χ1n) is 7.29. The molecule has 1 heterocycles. The van der Waals surface area contributed by atoms with Crippen molar-refractivity contribution < 1.29 is 14.6 Å². The van der Waals surface area contributed by atoms with Crippen molar-refractivity contribution in [2.45, 2.75) is 25.5 Å². The number of nitrogens with two attached hydrogens (primary N) is 1. The molecule has 1 aliphatic rings. The average Bonchev–Trinajstić information content (AvgIpc) is 2.47. The average molecular weight is 293 g/mol. The number of carbonyl (C=O) groups excluding carboxylic acids is 1. The van der Waals surface area contributed by atoms with E-state index in [4.69, 9.17) is 10.5 Å². The molecule has 1 aromatic rings. The Hall–Kier alpha value is -1.79. The van der Waals surface area contributed by atoms with Crippen molar-refractivity contribution in [2.75, 3.05) is 32.0 Å². The number of carbonyl (C=O) groups is 1. The van der Waals surface area contributed by atoms with E-state index in [2.05, 4.69) is 5.32 Å². The zero-order valence-corrected chi connectivity index (χ0v) is 12.3. The Morgan fingerprint density at radius 3 is 3.00 bits per heavy atom. The fraction of sp³-hybridized carbons (Fsp3) is 0.533. The van der Waals surface area contributed by atoms with E-state index < -0.39 is 6.10 Å². The number of nitrogens with zero attached hydrogens (tertiary/aromatic N) is 1. The van der Waals surface area contributed by atoms with Crippen LogP contribution >= 0.6 is 0 Å². The van der Waals surface area contributed by atoms with Gasteiger partial charge >= 0.3 is 0 Å². The number of hydrogen-bond donors (Lipinski definition) is 3.